The first-order valence-electron chi connectivity index (χ1n) is 7.74. The summed E-state index contributed by atoms with van der Waals surface area (Å²) >= 11 is 5.98. The summed E-state index contributed by atoms with van der Waals surface area (Å²) in [6.45, 7) is 2.04. The highest BCUT2D eigenvalue weighted by Gasteiger charge is 2.31. The Morgan fingerprint density at radius 3 is 2.64 bits per heavy atom. The molecule has 0 bridgehead atoms. The average molecular weight is 382 g/mol. The van der Waals surface area contributed by atoms with Crippen LogP contribution in [0.4, 0.5) is 5.69 Å². The highest BCUT2D eigenvalue weighted by atomic mass is 35.5. The smallest absolute Gasteiger partial charge is 0.244 e. The molecular weight excluding hydrogens is 362 g/mol. The molecule has 1 atom stereocenters. The molecule has 1 amide bonds. The normalized spacial score (nSPS) is 12.4. The van der Waals surface area contributed by atoms with Crippen LogP contribution < -0.4 is 9.62 Å². The van der Waals surface area contributed by atoms with E-state index in [1.165, 1.54) is 6.07 Å². The quantitative estimate of drug-likeness (QED) is 0.799. The van der Waals surface area contributed by atoms with Gasteiger partial charge in [-0.1, -0.05) is 30.7 Å². The largest absolute Gasteiger partial charge is 0.350 e. The predicted molar refractivity (Wildman–Crippen MR) is 98.9 cm³/mol. The van der Waals surface area contributed by atoms with Crippen molar-refractivity contribution in [3.8, 4) is 0 Å². The molecule has 6 nitrogen and oxygen atoms in total. The minimum Gasteiger partial charge on any atom is -0.350 e. The van der Waals surface area contributed by atoms with E-state index in [-0.39, 0.29) is 12.5 Å². The van der Waals surface area contributed by atoms with Crippen molar-refractivity contribution in [2.75, 3.05) is 10.6 Å². The summed E-state index contributed by atoms with van der Waals surface area (Å²) in [6, 6.07) is 9.17. The molecule has 1 heterocycles. The van der Waals surface area contributed by atoms with Gasteiger partial charge >= 0.3 is 0 Å². The summed E-state index contributed by atoms with van der Waals surface area (Å²) in [4.78, 5) is 16.6. The van der Waals surface area contributed by atoms with Gasteiger partial charge < -0.3 is 5.32 Å². The first-order chi connectivity index (χ1) is 11.8. The Bertz CT molecular complexity index is 828. The Kier molecular flexibility index (Phi) is 6.39. The molecule has 0 fully saturated rings. The number of hydrogen-bond donors (Lipinski definition) is 1. The van der Waals surface area contributed by atoms with Crippen LogP contribution in [0.3, 0.4) is 0 Å². The Balaban J connectivity index is 2.25. The highest BCUT2D eigenvalue weighted by Crippen LogP contribution is 2.25. The minimum atomic E-state index is -3.67. The number of rotatable bonds is 7. The van der Waals surface area contributed by atoms with E-state index < -0.39 is 16.1 Å². The molecule has 0 spiro atoms. The lowest BCUT2D eigenvalue weighted by atomic mass is 10.2. The van der Waals surface area contributed by atoms with Crippen molar-refractivity contribution in [2.45, 2.75) is 25.9 Å². The standard InChI is InChI=1S/C17H20ClN3O3S/c1-3-16(17(22)20-12-13-6-5-9-19-11-13)21(25(2,23)24)15-8-4-7-14(18)10-15/h4-11,16H,3,12H2,1-2H3,(H,20,22). The third-order valence-electron chi connectivity index (χ3n) is 3.58. The molecule has 2 rings (SSSR count). The molecule has 0 aliphatic carbocycles. The molecule has 1 aromatic heterocycles. The van der Waals surface area contributed by atoms with E-state index >= 15 is 0 Å². The minimum absolute atomic E-state index is 0.274. The van der Waals surface area contributed by atoms with Crippen molar-refractivity contribution in [3.63, 3.8) is 0 Å². The van der Waals surface area contributed by atoms with Crippen LogP contribution in [0.25, 0.3) is 0 Å². The number of aromatic nitrogens is 1. The number of halogens is 1. The monoisotopic (exact) mass is 381 g/mol. The molecular formula is C17H20ClN3O3S. The second kappa shape index (κ2) is 8.31. The number of carbonyl (C=O) groups is 1. The van der Waals surface area contributed by atoms with Crippen molar-refractivity contribution >= 4 is 33.2 Å². The first kappa shape index (κ1) is 19.2. The Morgan fingerprint density at radius 1 is 1.32 bits per heavy atom. The number of benzene rings is 1. The second-order valence-corrected chi connectivity index (χ2v) is 7.84. The van der Waals surface area contributed by atoms with Gasteiger partial charge in [-0.05, 0) is 36.2 Å². The fraction of sp³-hybridized carbons (Fsp3) is 0.294. The SMILES string of the molecule is CCC(C(=O)NCc1cccnc1)N(c1cccc(Cl)c1)S(C)(=O)=O. The van der Waals surface area contributed by atoms with Crippen LogP contribution in [-0.4, -0.2) is 31.6 Å². The van der Waals surface area contributed by atoms with Crippen LogP contribution in [0.2, 0.25) is 5.02 Å². The molecule has 0 saturated carbocycles. The van der Waals surface area contributed by atoms with E-state index in [2.05, 4.69) is 10.3 Å². The Morgan fingerprint density at radius 2 is 2.08 bits per heavy atom. The summed E-state index contributed by atoms with van der Waals surface area (Å²) in [7, 11) is -3.67. The lowest BCUT2D eigenvalue weighted by Crippen LogP contribution is -2.49. The molecule has 1 N–H and O–H groups in total. The summed E-state index contributed by atoms with van der Waals surface area (Å²) in [5.41, 5.74) is 1.19. The number of nitrogens with one attached hydrogen (secondary N) is 1. The molecule has 2 aromatic rings. The summed E-state index contributed by atoms with van der Waals surface area (Å²) in [5, 5.41) is 3.17. The van der Waals surface area contributed by atoms with Crippen molar-refractivity contribution in [3.05, 3.63) is 59.4 Å². The zero-order valence-corrected chi connectivity index (χ0v) is 15.6. The zero-order chi connectivity index (χ0) is 18.4. The van der Waals surface area contributed by atoms with Gasteiger partial charge in [0.05, 0.1) is 11.9 Å². The van der Waals surface area contributed by atoms with Crippen molar-refractivity contribution < 1.29 is 13.2 Å². The van der Waals surface area contributed by atoms with Crippen LogP contribution in [-0.2, 0) is 21.4 Å². The Labute approximate surface area is 152 Å². The first-order valence-corrected chi connectivity index (χ1v) is 9.97. The van der Waals surface area contributed by atoms with Gasteiger partial charge in [-0.3, -0.25) is 14.1 Å². The number of pyridine rings is 1. The summed E-state index contributed by atoms with van der Waals surface area (Å²) in [5.74, 6) is -0.378. The fourth-order valence-corrected chi connectivity index (χ4v) is 3.87. The number of nitrogens with zero attached hydrogens (tertiary/aromatic N) is 2. The van der Waals surface area contributed by atoms with E-state index in [0.717, 1.165) is 16.1 Å². The fourth-order valence-electron chi connectivity index (χ4n) is 2.48. The number of anilines is 1. The predicted octanol–water partition coefficient (Wildman–Crippen LogP) is 2.60. The van der Waals surface area contributed by atoms with Gasteiger partial charge in [-0.2, -0.15) is 0 Å². The van der Waals surface area contributed by atoms with Gasteiger partial charge in [0, 0.05) is 24.0 Å². The summed E-state index contributed by atoms with van der Waals surface area (Å²) in [6.07, 6.45) is 4.68. The van der Waals surface area contributed by atoms with E-state index in [0.29, 0.717) is 17.1 Å². The number of amides is 1. The molecule has 0 aliphatic rings. The van der Waals surface area contributed by atoms with Gasteiger partial charge in [-0.15, -0.1) is 0 Å². The Hall–Kier alpha value is -2.12. The van der Waals surface area contributed by atoms with Gasteiger partial charge in [0.25, 0.3) is 0 Å². The molecule has 1 unspecified atom stereocenters. The molecule has 8 heteroatoms. The summed E-state index contributed by atoms with van der Waals surface area (Å²) < 4.78 is 25.7. The molecule has 0 saturated heterocycles. The van der Waals surface area contributed by atoms with Crippen LogP contribution in [0.1, 0.15) is 18.9 Å². The molecule has 134 valence electrons. The van der Waals surface area contributed by atoms with E-state index in [1.54, 1.807) is 43.6 Å². The van der Waals surface area contributed by atoms with E-state index in [1.807, 2.05) is 6.07 Å². The lowest BCUT2D eigenvalue weighted by Gasteiger charge is -2.30. The molecule has 1 aromatic carbocycles. The van der Waals surface area contributed by atoms with Crippen molar-refractivity contribution in [1.82, 2.24) is 10.3 Å². The maximum Gasteiger partial charge on any atom is 0.244 e. The van der Waals surface area contributed by atoms with Crippen LogP contribution in [0.15, 0.2) is 48.8 Å². The van der Waals surface area contributed by atoms with E-state index in [4.69, 9.17) is 11.6 Å². The molecule has 0 aliphatic heterocycles. The van der Waals surface area contributed by atoms with Crippen LogP contribution in [0.5, 0.6) is 0 Å². The van der Waals surface area contributed by atoms with Gasteiger partial charge in [0.15, 0.2) is 0 Å². The van der Waals surface area contributed by atoms with Gasteiger partial charge in [-0.25, -0.2) is 8.42 Å². The van der Waals surface area contributed by atoms with Crippen molar-refractivity contribution in [2.24, 2.45) is 0 Å². The maximum absolute atomic E-state index is 12.6. The molecule has 0 radical (unpaired) electrons. The molecule has 25 heavy (non-hydrogen) atoms. The highest BCUT2D eigenvalue weighted by molar-refractivity contribution is 7.92. The second-order valence-electron chi connectivity index (χ2n) is 5.54. The third-order valence-corrected chi connectivity index (χ3v) is 5.00. The zero-order valence-electron chi connectivity index (χ0n) is 14.0. The number of sulfonamides is 1. The third kappa shape index (κ3) is 5.17. The van der Waals surface area contributed by atoms with Crippen molar-refractivity contribution in [1.29, 1.82) is 0 Å². The topological polar surface area (TPSA) is 79.4 Å². The lowest BCUT2D eigenvalue weighted by molar-refractivity contribution is -0.122. The maximum atomic E-state index is 12.6. The number of carbonyl (C=O) groups excluding carboxylic acids is 1. The van der Waals surface area contributed by atoms with Gasteiger partial charge in [0.2, 0.25) is 15.9 Å². The number of hydrogen-bond acceptors (Lipinski definition) is 4. The average Bonchev–Trinajstić information content (AvgIpc) is 2.57. The van der Waals surface area contributed by atoms with Gasteiger partial charge in [0.1, 0.15) is 6.04 Å². The van der Waals surface area contributed by atoms with Crippen LogP contribution >= 0.6 is 11.6 Å². The van der Waals surface area contributed by atoms with E-state index in [9.17, 15) is 13.2 Å². The van der Waals surface area contributed by atoms with Crippen LogP contribution in [0, 0.1) is 0 Å².